The number of rotatable bonds is 3. The molecule has 1 heterocycles. The number of hydrogen-bond donors (Lipinski definition) is 0. The maximum Gasteiger partial charge on any atom is 0.231 e. The topological polar surface area (TPSA) is 35.5 Å². The Morgan fingerprint density at radius 3 is 2.62 bits per heavy atom. The zero-order valence-electron chi connectivity index (χ0n) is 10.8. The van der Waals surface area contributed by atoms with E-state index in [-0.39, 0.29) is 12.6 Å². The molecule has 0 N–H and O–H groups in total. The first-order chi connectivity index (χ1) is 10.1. The summed E-state index contributed by atoms with van der Waals surface area (Å²) in [5, 5.41) is 0. The van der Waals surface area contributed by atoms with Crippen molar-refractivity contribution in [3.05, 3.63) is 65.2 Å². The van der Waals surface area contributed by atoms with Crippen LogP contribution in [-0.2, 0) is 0 Å². The van der Waals surface area contributed by atoms with Gasteiger partial charge >= 0.3 is 0 Å². The Kier molecular flexibility index (Phi) is 3.39. The van der Waals surface area contributed by atoms with Crippen LogP contribution in [0, 0.1) is 11.6 Å². The smallest absolute Gasteiger partial charge is 0.231 e. The number of halogens is 2. The molecule has 106 valence electrons. The molecule has 0 saturated heterocycles. The van der Waals surface area contributed by atoms with Crippen molar-refractivity contribution in [2.75, 3.05) is 6.79 Å². The van der Waals surface area contributed by atoms with Gasteiger partial charge in [-0.2, -0.15) is 0 Å². The van der Waals surface area contributed by atoms with Crippen LogP contribution in [0.1, 0.15) is 15.9 Å². The SMILES string of the molecule is O=C(/C=C/c1ccc(F)c(F)c1)c1ccc2c(c1)OCO2. The van der Waals surface area contributed by atoms with E-state index in [0.717, 1.165) is 12.1 Å². The van der Waals surface area contributed by atoms with E-state index in [1.54, 1.807) is 18.2 Å². The third kappa shape index (κ3) is 2.76. The highest BCUT2D eigenvalue weighted by molar-refractivity contribution is 6.07. The van der Waals surface area contributed by atoms with Gasteiger partial charge in [0.25, 0.3) is 0 Å². The second-order valence-electron chi connectivity index (χ2n) is 4.44. The number of carbonyl (C=O) groups excluding carboxylic acids is 1. The van der Waals surface area contributed by atoms with Gasteiger partial charge < -0.3 is 9.47 Å². The molecule has 3 rings (SSSR count). The van der Waals surface area contributed by atoms with Gasteiger partial charge in [-0.05, 0) is 42.0 Å². The van der Waals surface area contributed by atoms with Crippen molar-refractivity contribution >= 4 is 11.9 Å². The highest BCUT2D eigenvalue weighted by atomic mass is 19.2. The van der Waals surface area contributed by atoms with E-state index in [9.17, 15) is 13.6 Å². The Balaban J connectivity index is 1.79. The van der Waals surface area contributed by atoms with Crippen LogP contribution >= 0.6 is 0 Å². The molecule has 1 aliphatic heterocycles. The van der Waals surface area contributed by atoms with Crippen LogP contribution in [0.3, 0.4) is 0 Å². The molecule has 0 atom stereocenters. The molecule has 3 nitrogen and oxygen atoms in total. The monoisotopic (exact) mass is 288 g/mol. The van der Waals surface area contributed by atoms with Crippen LogP contribution in [0.5, 0.6) is 11.5 Å². The number of ether oxygens (including phenoxy) is 2. The number of hydrogen-bond acceptors (Lipinski definition) is 3. The molecule has 2 aromatic carbocycles. The minimum Gasteiger partial charge on any atom is -0.454 e. The molecule has 0 spiro atoms. The van der Waals surface area contributed by atoms with E-state index in [0.29, 0.717) is 22.6 Å². The van der Waals surface area contributed by atoms with Crippen molar-refractivity contribution in [2.45, 2.75) is 0 Å². The first-order valence-corrected chi connectivity index (χ1v) is 6.20. The fraction of sp³-hybridized carbons (Fsp3) is 0.0625. The quantitative estimate of drug-likeness (QED) is 0.639. The molecule has 0 bridgehead atoms. The molecular formula is C16H10F2O3. The fourth-order valence-corrected chi connectivity index (χ4v) is 1.93. The van der Waals surface area contributed by atoms with Crippen LogP contribution in [0.25, 0.3) is 6.08 Å². The van der Waals surface area contributed by atoms with E-state index < -0.39 is 11.6 Å². The highest BCUT2D eigenvalue weighted by Crippen LogP contribution is 2.32. The van der Waals surface area contributed by atoms with E-state index >= 15 is 0 Å². The molecule has 2 aromatic rings. The summed E-state index contributed by atoms with van der Waals surface area (Å²) < 4.78 is 36.2. The Hall–Kier alpha value is -2.69. The van der Waals surface area contributed by atoms with Crippen LogP contribution < -0.4 is 9.47 Å². The molecule has 0 unspecified atom stereocenters. The van der Waals surface area contributed by atoms with E-state index in [2.05, 4.69) is 0 Å². The van der Waals surface area contributed by atoms with Crippen molar-refractivity contribution in [3.8, 4) is 11.5 Å². The second-order valence-corrected chi connectivity index (χ2v) is 4.44. The summed E-state index contributed by atoms with van der Waals surface area (Å²) in [6.45, 7) is 0.137. The first-order valence-electron chi connectivity index (χ1n) is 6.20. The molecule has 0 saturated carbocycles. The summed E-state index contributed by atoms with van der Waals surface area (Å²) in [6, 6.07) is 8.29. The van der Waals surface area contributed by atoms with Gasteiger partial charge in [0.15, 0.2) is 28.9 Å². The average Bonchev–Trinajstić information content (AvgIpc) is 2.95. The van der Waals surface area contributed by atoms with Crippen LogP contribution in [0.4, 0.5) is 8.78 Å². The lowest BCUT2D eigenvalue weighted by molar-refractivity contribution is 0.104. The summed E-state index contributed by atoms with van der Waals surface area (Å²) in [6.07, 6.45) is 2.72. The molecule has 0 fully saturated rings. The van der Waals surface area contributed by atoms with Crippen LogP contribution in [0.15, 0.2) is 42.5 Å². The minimum absolute atomic E-state index is 0.137. The predicted octanol–water partition coefficient (Wildman–Crippen LogP) is 3.59. The van der Waals surface area contributed by atoms with E-state index in [1.807, 2.05) is 0 Å². The number of carbonyl (C=O) groups is 1. The second kappa shape index (κ2) is 5.36. The summed E-state index contributed by atoms with van der Waals surface area (Å²) in [5.74, 6) is -1.03. The maximum absolute atomic E-state index is 13.1. The molecule has 0 amide bonds. The van der Waals surface area contributed by atoms with E-state index in [1.165, 1.54) is 18.2 Å². The molecule has 21 heavy (non-hydrogen) atoms. The van der Waals surface area contributed by atoms with Gasteiger partial charge in [-0.25, -0.2) is 8.78 Å². The van der Waals surface area contributed by atoms with Crippen LogP contribution in [0.2, 0.25) is 0 Å². The number of allylic oxidation sites excluding steroid dienone is 1. The average molecular weight is 288 g/mol. The maximum atomic E-state index is 13.1. The zero-order chi connectivity index (χ0) is 14.8. The normalized spacial score (nSPS) is 12.9. The third-order valence-electron chi connectivity index (χ3n) is 3.03. The van der Waals surface area contributed by atoms with Gasteiger partial charge in [-0.3, -0.25) is 4.79 Å². The van der Waals surface area contributed by atoms with Crippen molar-refractivity contribution in [2.24, 2.45) is 0 Å². The van der Waals surface area contributed by atoms with Gasteiger partial charge in [0.05, 0.1) is 0 Å². The summed E-state index contributed by atoms with van der Waals surface area (Å²) >= 11 is 0. The molecular weight excluding hydrogens is 278 g/mol. The standard InChI is InChI=1S/C16H10F2O3/c17-12-4-1-10(7-13(12)18)2-5-14(19)11-3-6-15-16(8-11)21-9-20-15/h1-8H,9H2/b5-2+. The molecule has 5 heteroatoms. The summed E-state index contributed by atoms with van der Waals surface area (Å²) in [4.78, 5) is 12.0. The molecule has 0 aliphatic carbocycles. The molecule has 0 aromatic heterocycles. The Bertz CT molecular complexity index is 738. The van der Waals surface area contributed by atoms with Gasteiger partial charge in [0, 0.05) is 5.56 Å². The van der Waals surface area contributed by atoms with Gasteiger partial charge in [0.1, 0.15) is 0 Å². The fourth-order valence-electron chi connectivity index (χ4n) is 1.93. The number of benzene rings is 2. The lowest BCUT2D eigenvalue weighted by Gasteiger charge is -1.99. The molecule has 1 aliphatic rings. The zero-order valence-corrected chi connectivity index (χ0v) is 10.8. The minimum atomic E-state index is -0.951. The largest absolute Gasteiger partial charge is 0.454 e. The lowest BCUT2D eigenvalue weighted by atomic mass is 10.1. The van der Waals surface area contributed by atoms with Crippen molar-refractivity contribution in [3.63, 3.8) is 0 Å². The number of ketones is 1. The number of fused-ring (bicyclic) bond motifs is 1. The Labute approximate surface area is 119 Å². The predicted molar refractivity (Wildman–Crippen MR) is 72.3 cm³/mol. The van der Waals surface area contributed by atoms with Gasteiger partial charge in [-0.1, -0.05) is 12.1 Å². The Morgan fingerprint density at radius 1 is 1.00 bits per heavy atom. The van der Waals surface area contributed by atoms with Gasteiger partial charge in [0.2, 0.25) is 6.79 Å². The highest BCUT2D eigenvalue weighted by Gasteiger charge is 2.15. The third-order valence-corrected chi connectivity index (χ3v) is 3.03. The van der Waals surface area contributed by atoms with Crippen LogP contribution in [-0.4, -0.2) is 12.6 Å². The molecule has 0 radical (unpaired) electrons. The summed E-state index contributed by atoms with van der Waals surface area (Å²) in [7, 11) is 0. The van der Waals surface area contributed by atoms with Crippen molar-refractivity contribution in [1.29, 1.82) is 0 Å². The lowest BCUT2D eigenvalue weighted by Crippen LogP contribution is -1.94. The Morgan fingerprint density at radius 2 is 1.81 bits per heavy atom. The van der Waals surface area contributed by atoms with Crippen molar-refractivity contribution < 1.29 is 23.0 Å². The van der Waals surface area contributed by atoms with Gasteiger partial charge in [-0.15, -0.1) is 0 Å². The van der Waals surface area contributed by atoms with E-state index in [4.69, 9.17) is 9.47 Å². The first kappa shape index (κ1) is 13.3. The summed E-state index contributed by atoms with van der Waals surface area (Å²) in [5.41, 5.74) is 0.834. The van der Waals surface area contributed by atoms with Crippen molar-refractivity contribution in [1.82, 2.24) is 0 Å².